The van der Waals surface area contributed by atoms with Gasteiger partial charge in [0, 0.05) is 29.9 Å². The summed E-state index contributed by atoms with van der Waals surface area (Å²) in [7, 11) is 0. The molecule has 132 valence electrons. The van der Waals surface area contributed by atoms with Crippen molar-refractivity contribution in [2.24, 2.45) is 0 Å². The van der Waals surface area contributed by atoms with Crippen LogP contribution >= 0.6 is 0 Å². The van der Waals surface area contributed by atoms with Crippen molar-refractivity contribution in [1.29, 1.82) is 0 Å². The Morgan fingerprint density at radius 1 is 0.920 bits per heavy atom. The van der Waals surface area contributed by atoms with Gasteiger partial charge >= 0.3 is 6.18 Å². The number of hydrogen-bond donors (Lipinski definition) is 2. The SMILES string of the molecule is CC(=O)c1ccc(NC(=O)CCNc2ccc(C(F)(F)F)cc2)cc1. The Morgan fingerprint density at radius 3 is 2.00 bits per heavy atom. The van der Waals surface area contributed by atoms with Gasteiger partial charge in [-0.15, -0.1) is 0 Å². The third-order valence-corrected chi connectivity index (χ3v) is 3.47. The summed E-state index contributed by atoms with van der Waals surface area (Å²) in [5.74, 6) is -0.298. The number of ketones is 1. The summed E-state index contributed by atoms with van der Waals surface area (Å²) < 4.78 is 37.4. The lowest BCUT2D eigenvalue weighted by atomic mass is 10.1. The summed E-state index contributed by atoms with van der Waals surface area (Å²) in [5, 5.41) is 5.58. The third kappa shape index (κ3) is 5.63. The second-order valence-electron chi connectivity index (χ2n) is 5.43. The van der Waals surface area contributed by atoms with Crippen LogP contribution in [0.4, 0.5) is 24.5 Å². The number of benzene rings is 2. The first kappa shape index (κ1) is 18.5. The minimum atomic E-state index is -4.36. The van der Waals surface area contributed by atoms with Crippen molar-refractivity contribution in [2.75, 3.05) is 17.2 Å². The summed E-state index contributed by atoms with van der Waals surface area (Å²) in [6.07, 6.45) is -4.22. The van der Waals surface area contributed by atoms with E-state index in [2.05, 4.69) is 10.6 Å². The molecule has 0 unspecified atom stereocenters. The molecule has 0 atom stereocenters. The molecule has 25 heavy (non-hydrogen) atoms. The van der Waals surface area contributed by atoms with Crippen LogP contribution in [0.2, 0.25) is 0 Å². The Morgan fingerprint density at radius 2 is 1.48 bits per heavy atom. The first-order valence-electron chi connectivity index (χ1n) is 7.58. The van der Waals surface area contributed by atoms with Crippen molar-refractivity contribution in [3.63, 3.8) is 0 Å². The average Bonchev–Trinajstić information content (AvgIpc) is 2.55. The molecule has 0 fully saturated rings. The van der Waals surface area contributed by atoms with Gasteiger partial charge in [0.25, 0.3) is 0 Å². The van der Waals surface area contributed by atoms with E-state index in [9.17, 15) is 22.8 Å². The zero-order chi connectivity index (χ0) is 18.4. The van der Waals surface area contributed by atoms with Crippen molar-refractivity contribution in [2.45, 2.75) is 19.5 Å². The van der Waals surface area contributed by atoms with Crippen molar-refractivity contribution in [3.8, 4) is 0 Å². The molecular formula is C18H17F3N2O2. The number of rotatable bonds is 6. The molecule has 0 aromatic heterocycles. The van der Waals surface area contributed by atoms with Crippen molar-refractivity contribution in [1.82, 2.24) is 0 Å². The summed E-state index contributed by atoms with van der Waals surface area (Å²) >= 11 is 0. The number of alkyl halides is 3. The van der Waals surface area contributed by atoms with Gasteiger partial charge in [-0.25, -0.2) is 0 Å². The third-order valence-electron chi connectivity index (χ3n) is 3.47. The molecule has 0 radical (unpaired) electrons. The predicted molar refractivity (Wildman–Crippen MR) is 89.6 cm³/mol. The first-order chi connectivity index (χ1) is 11.8. The summed E-state index contributed by atoms with van der Waals surface area (Å²) in [6, 6.07) is 11.1. The predicted octanol–water partition coefficient (Wildman–Crippen LogP) is 4.35. The molecule has 0 aliphatic rings. The Labute approximate surface area is 143 Å². The zero-order valence-electron chi connectivity index (χ0n) is 13.5. The normalized spacial score (nSPS) is 11.0. The molecule has 1 amide bonds. The maximum atomic E-state index is 12.5. The van der Waals surface area contributed by atoms with Crippen molar-refractivity contribution in [3.05, 3.63) is 59.7 Å². The summed E-state index contributed by atoms with van der Waals surface area (Å²) in [6.45, 7) is 1.74. The summed E-state index contributed by atoms with van der Waals surface area (Å²) in [5.41, 5.74) is 0.919. The number of nitrogens with one attached hydrogen (secondary N) is 2. The Balaban J connectivity index is 1.79. The Hall–Kier alpha value is -2.83. The van der Waals surface area contributed by atoms with Crippen LogP contribution in [-0.4, -0.2) is 18.2 Å². The van der Waals surface area contributed by atoms with Crippen molar-refractivity contribution >= 4 is 23.1 Å². The lowest BCUT2D eigenvalue weighted by Gasteiger charge is -2.10. The number of carbonyl (C=O) groups excluding carboxylic acids is 2. The fraction of sp³-hybridized carbons (Fsp3) is 0.222. The van der Waals surface area contributed by atoms with E-state index in [0.717, 1.165) is 12.1 Å². The van der Waals surface area contributed by atoms with E-state index < -0.39 is 11.7 Å². The zero-order valence-corrected chi connectivity index (χ0v) is 13.5. The molecule has 0 heterocycles. The van der Waals surface area contributed by atoms with Gasteiger partial charge in [-0.1, -0.05) is 0 Å². The number of anilines is 2. The molecule has 0 aliphatic carbocycles. The highest BCUT2D eigenvalue weighted by Gasteiger charge is 2.29. The van der Waals surface area contributed by atoms with Gasteiger partial charge in [-0.05, 0) is 55.5 Å². The van der Waals surface area contributed by atoms with Crippen LogP contribution in [0.25, 0.3) is 0 Å². The Bertz CT molecular complexity index is 738. The highest BCUT2D eigenvalue weighted by Crippen LogP contribution is 2.29. The molecule has 0 saturated carbocycles. The van der Waals surface area contributed by atoms with Gasteiger partial charge < -0.3 is 10.6 Å². The van der Waals surface area contributed by atoms with Gasteiger partial charge in [0.15, 0.2) is 5.78 Å². The molecule has 2 aromatic carbocycles. The number of halogens is 3. The van der Waals surface area contributed by atoms with Crippen LogP contribution < -0.4 is 10.6 Å². The van der Waals surface area contributed by atoms with Crippen LogP contribution in [0.1, 0.15) is 29.3 Å². The van der Waals surface area contributed by atoms with Gasteiger partial charge in [-0.2, -0.15) is 13.2 Å². The lowest BCUT2D eigenvalue weighted by Crippen LogP contribution is -2.16. The monoisotopic (exact) mass is 350 g/mol. The number of amides is 1. The molecule has 2 rings (SSSR count). The molecule has 2 aromatic rings. The van der Waals surface area contributed by atoms with Gasteiger partial charge in [0.05, 0.1) is 5.56 Å². The minimum absolute atomic E-state index is 0.0568. The van der Waals surface area contributed by atoms with Gasteiger partial charge in [0.2, 0.25) is 5.91 Å². The molecule has 2 N–H and O–H groups in total. The molecule has 7 heteroatoms. The van der Waals surface area contributed by atoms with Crippen LogP contribution in [0, 0.1) is 0 Å². The van der Waals surface area contributed by atoms with Crippen LogP contribution in [-0.2, 0) is 11.0 Å². The van der Waals surface area contributed by atoms with E-state index in [0.29, 0.717) is 16.9 Å². The van der Waals surface area contributed by atoms with E-state index in [1.165, 1.54) is 19.1 Å². The van der Waals surface area contributed by atoms with Crippen molar-refractivity contribution < 1.29 is 22.8 Å². The number of Topliss-reactive ketones (excluding diaryl/α,β-unsaturated/α-hetero) is 1. The quantitative estimate of drug-likeness (QED) is 0.762. The van der Waals surface area contributed by atoms with Crippen LogP contribution in [0.15, 0.2) is 48.5 Å². The van der Waals surface area contributed by atoms with E-state index in [4.69, 9.17) is 0 Å². The van der Waals surface area contributed by atoms with E-state index in [1.807, 2.05) is 0 Å². The molecule has 0 aliphatic heterocycles. The van der Waals surface area contributed by atoms with Crippen LogP contribution in [0.3, 0.4) is 0 Å². The molecule has 0 bridgehead atoms. The minimum Gasteiger partial charge on any atom is -0.385 e. The fourth-order valence-corrected chi connectivity index (χ4v) is 2.11. The molecule has 4 nitrogen and oxygen atoms in total. The second kappa shape index (κ2) is 7.83. The highest BCUT2D eigenvalue weighted by atomic mass is 19.4. The highest BCUT2D eigenvalue weighted by molar-refractivity contribution is 5.95. The van der Waals surface area contributed by atoms with E-state index >= 15 is 0 Å². The standard InChI is InChI=1S/C18H17F3N2O2/c1-12(24)13-2-6-16(7-3-13)23-17(25)10-11-22-15-8-4-14(5-9-15)18(19,20)21/h2-9,22H,10-11H2,1H3,(H,23,25). The van der Waals surface area contributed by atoms with Crippen LogP contribution in [0.5, 0.6) is 0 Å². The lowest BCUT2D eigenvalue weighted by molar-refractivity contribution is -0.137. The molecule has 0 saturated heterocycles. The van der Waals surface area contributed by atoms with E-state index in [-0.39, 0.29) is 24.7 Å². The fourth-order valence-electron chi connectivity index (χ4n) is 2.11. The summed E-state index contributed by atoms with van der Waals surface area (Å²) in [4.78, 5) is 23.0. The largest absolute Gasteiger partial charge is 0.416 e. The van der Waals surface area contributed by atoms with E-state index in [1.54, 1.807) is 24.3 Å². The Kier molecular flexibility index (Phi) is 5.80. The topological polar surface area (TPSA) is 58.2 Å². The maximum Gasteiger partial charge on any atom is 0.416 e. The van der Waals surface area contributed by atoms with Gasteiger partial charge in [-0.3, -0.25) is 9.59 Å². The first-order valence-corrected chi connectivity index (χ1v) is 7.58. The second-order valence-corrected chi connectivity index (χ2v) is 5.43. The van der Waals surface area contributed by atoms with Gasteiger partial charge in [0.1, 0.15) is 0 Å². The number of carbonyl (C=O) groups is 2. The average molecular weight is 350 g/mol. The molecule has 0 spiro atoms. The smallest absolute Gasteiger partial charge is 0.385 e. The number of hydrogen-bond acceptors (Lipinski definition) is 3. The maximum absolute atomic E-state index is 12.5. The molecular weight excluding hydrogens is 333 g/mol.